The molecular formula is C13H21N3O3. The summed E-state index contributed by atoms with van der Waals surface area (Å²) in [5.74, 6) is -0.718. The van der Waals surface area contributed by atoms with E-state index in [-0.39, 0.29) is 12.3 Å². The molecule has 0 fully saturated rings. The smallest absolute Gasteiger partial charge is 0.303 e. The highest BCUT2D eigenvalue weighted by Crippen LogP contribution is 2.15. The Hall–Kier alpha value is -1.85. The molecule has 1 aromatic rings. The molecule has 0 saturated carbocycles. The van der Waals surface area contributed by atoms with Gasteiger partial charge in [0.25, 0.3) is 5.91 Å². The number of aryl methyl sites for hydroxylation is 1. The molecule has 0 spiro atoms. The summed E-state index contributed by atoms with van der Waals surface area (Å²) in [6.07, 6.45) is 0.512. The maximum atomic E-state index is 12.1. The average Bonchev–Trinajstić information content (AvgIpc) is 2.69. The molecule has 19 heavy (non-hydrogen) atoms. The second kappa shape index (κ2) is 6.36. The summed E-state index contributed by atoms with van der Waals surface area (Å²) in [5, 5.41) is 12.8. The molecule has 0 bridgehead atoms. The molecule has 0 aliphatic carbocycles. The number of hydrogen-bond donors (Lipinski definition) is 1. The fourth-order valence-electron chi connectivity index (χ4n) is 1.89. The van der Waals surface area contributed by atoms with Gasteiger partial charge in [0.1, 0.15) is 0 Å². The van der Waals surface area contributed by atoms with Crippen molar-refractivity contribution in [1.29, 1.82) is 0 Å². The van der Waals surface area contributed by atoms with Crippen LogP contribution in [0.5, 0.6) is 0 Å². The Morgan fingerprint density at radius 3 is 2.58 bits per heavy atom. The molecule has 0 aromatic carbocycles. The van der Waals surface area contributed by atoms with Gasteiger partial charge in [0.15, 0.2) is 5.69 Å². The normalized spacial score (nSPS) is 10.8. The number of aromatic nitrogens is 2. The lowest BCUT2D eigenvalue weighted by atomic mass is 10.1. The van der Waals surface area contributed by atoms with E-state index in [4.69, 9.17) is 5.11 Å². The second-order valence-electron chi connectivity index (χ2n) is 4.96. The van der Waals surface area contributed by atoms with Crippen LogP contribution in [0.3, 0.4) is 0 Å². The van der Waals surface area contributed by atoms with Crippen molar-refractivity contribution in [2.75, 3.05) is 13.6 Å². The van der Waals surface area contributed by atoms with Gasteiger partial charge in [-0.25, -0.2) is 0 Å². The summed E-state index contributed by atoms with van der Waals surface area (Å²) in [5.41, 5.74) is 1.41. The molecule has 0 aliphatic heterocycles. The molecule has 0 atom stereocenters. The lowest BCUT2D eigenvalue weighted by Crippen LogP contribution is -2.28. The number of carbonyl (C=O) groups is 2. The van der Waals surface area contributed by atoms with Gasteiger partial charge in [-0.1, -0.05) is 13.8 Å². The first-order valence-corrected chi connectivity index (χ1v) is 6.34. The lowest BCUT2D eigenvalue weighted by molar-refractivity contribution is -0.137. The molecule has 1 aromatic heterocycles. The summed E-state index contributed by atoms with van der Waals surface area (Å²) in [6.45, 7) is 4.50. The number of hydrogen-bond acceptors (Lipinski definition) is 3. The van der Waals surface area contributed by atoms with Crippen LogP contribution in [-0.2, 0) is 11.8 Å². The molecule has 0 saturated heterocycles. The van der Waals surface area contributed by atoms with E-state index in [1.807, 2.05) is 20.9 Å². The topological polar surface area (TPSA) is 75.4 Å². The monoisotopic (exact) mass is 267 g/mol. The molecule has 1 heterocycles. The molecule has 6 heteroatoms. The van der Waals surface area contributed by atoms with Crippen LogP contribution in [0, 0.1) is 0 Å². The molecule has 0 unspecified atom stereocenters. The van der Waals surface area contributed by atoms with Crippen LogP contribution in [0.15, 0.2) is 6.07 Å². The third kappa shape index (κ3) is 4.08. The van der Waals surface area contributed by atoms with Crippen LogP contribution >= 0.6 is 0 Å². The summed E-state index contributed by atoms with van der Waals surface area (Å²) >= 11 is 0. The minimum Gasteiger partial charge on any atom is -0.481 e. The molecule has 1 amide bonds. The van der Waals surface area contributed by atoms with E-state index in [1.165, 1.54) is 4.90 Å². The van der Waals surface area contributed by atoms with E-state index < -0.39 is 5.97 Å². The van der Waals surface area contributed by atoms with E-state index >= 15 is 0 Å². The minimum absolute atomic E-state index is 0.0665. The number of aliphatic carboxylic acids is 1. The molecule has 0 aliphatic rings. The standard InChI is InChI=1S/C13H21N3O3/c1-9(2)11-8-10(14-16(11)4)13(19)15(3)7-5-6-12(17)18/h8-9H,5-7H2,1-4H3,(H,17,18). The van der Waals surface area contributed by atoms with Gasteiger partial charge in [-0.05, 0) is 18.4 Å². The number of carboxylic acids is 1. The van der Waals surface area contributed by atoms with Crippen molar-refractivity contribution >= 4 is 11.9 Å². The molecule has 1 rings (SSSR count). The Morgan fingerprint density at radius 2 is 2.11 bits per heavy atom. The van der Waals surface area contributed by atoms with Gasteiger partial charge in [0.2, 0.25) is 0 Å². The first kappa shape index (κ1) is 15.2. The fraction of sp³-hybridized carbons (Fsp3) is 0.615. The van der Waals surface area contributed by atoms with Crippen molar-refractivity contribution in [2.24, 2.45) is 7.05 Å². The van der Waals surface area contributed by atoms with Gasteiger partial charge in [0, 0.05) is 32.8 Å². The Labute approximate surface area is 113 Å². The maximum absolute atomic E-state index is 12.1. The van der Waals surface area contributed by atoms with Crippen LogP contribution in [0.4, 0.5) is 0 Å². The van der Waals surface area contributed by atoms with Crippen molar-refractivity contribution in [2.45, 2.75) is 32.6 Å². The summed E-state index contributed by atoms with van der Waals surface area (Å²) < 4.78 is 1.71. The van der Waals surface area contributed by atoms with Gasteiger partial charge >= 0.3 is 5.97 Å². The number of carbonyl (C=O) groups excluding carboxylic acids is 1. The van der Waals surface area contributed by atoms with Crippen LogP contribution in [0.25, 0.3) is 0 Å². The van der Waals surface area contributed by atoms with Crippen LogP contribution < -0.4 is 0 Å². The second-order valence-corrected chi connectivity index (χ2v) is 4.96. The van der Waals surface area contributed by atoms with Crippen molar-refractivity contribution in [1.82, 2.24) is 14.7 Å². The summed E-state index contributed by atoms with van der Waals surface area (Å²) in [7, 11) is 3.48. The van der Waals surface area contributed by atoms with Gasteiger partial charge in [-0.2, -0.15) is 5.10 Å². The predicted molar refractivity (Wildman–Crippen MR) is 71.1 cm³/mol. The molecule has 106 valence electrons. The number of rotatable bonds is 6. The van der Waals surface area contributed by atoms with E-state index in [2.05, 4.69) is 5.10 Å². The van der Waals surface area contributed by atoms with Crippen molar-refractivity contribution in [3.05, 3.63) is 17.5 Å². The SMILES string of the molecule is CC(C)c1cc(C(=O)N(C)CCCC(=O)O)nn1C. The first-order chi connectivity index (χ1) is 8.82. The van der Waals surface area contributed by atoms with Crippen LogP contribution in [0.2, 0.25) is 0 Å². The fourth-order valence-corrected chi connectivity index (χ4v) is 1.89. The number of amides is 1. The third-order valence-electron chi connectivity index (χ3n) is 2.96. The largest absolute Gasteiger partial charge is 0.481 e. The predicted octanol–water partition coefficient (Wildman–Crippen LogP) is 1.48. The van der Waals surface area contributed by atoms with Crippen molar-refractivity contribution in [3.8, 4) is 0 Å². The van der Waals surface area contributed by atoms with Crippen molar-refractivity contribution < 1.29 is 14.7 Å². The zero-order valence-electron chi connectivity index (χ0n) is 11.9. The van der Waals surface area contributed by atoms with Gasteiger partial charge in [-0.15, -0.1) is 0 Å². The number of carboxylic acid groups (broad SMARTS) is 1. The molecule has 6 nitrogen and oxygen atoms in total. The summed E-state index contributed by atoms with van der Waals surface area (Å²) in [4.78, 5) is 24.0. The van der Waals surface area contributed by atoms with Crippen molar-refractivity contribution in [3.63, 3.8) is 0 Å². The van der Waals surface area contributed by atoms with E-state index in [0.717, 1.165) is 5.69 Å². The minimum atomic E-state index is -0.847. The lowest BCUT2D eigenvalue weighted by Gasteiger charge is -2.14. The van der Waals surface area contributed by atoms with Gasteiger partial charge in [0.05, 0.1) is 0 Å². The average molecular weight is 267 g/mol. The Balaban J connectivity index is 2.66. The number of nitrogens with zero attached hydrogens (tertiary/aromatic N) is 3. The highest BCUT2D eigenvalue weighted by molar-refractivity contribution is 5.92. The van der Waals surface area contributed by atoms with E-state index in [1.54, 1.807) is 17.8 Å². The van der Waals surface area contributed by atoms with Crippen LogP contribution in [0.1, 0.15) is 48.8 Å². The zero-order chi connectivity index (χ0) is 14.6. The molecular weight excluding hydrogens is 246 g/mol. The Morgan fingerprint density at radius 1 is 1.47 bits per heavy atom. The van der Waals surface area contributed by atoms with Gasteiger partial charge in [-0.3, -0.25) is 14.3 Å². The highest BCUT2D eigenvalue weighted by atomic mass is 16.4. The quantitative estimate of drug-likeness (QED) is 0.847. The molecule has 0 radical (unpaired) electrons. The highest BCUT2D eigenvalue weighted by Gasteiger charge is 2.18. The van der Waals surface area contributed by atoms with E-state index in [9.17, 15) is 9.59 Å². The zero-order valence-corrected chi connectivity index (χ0v) is 11.9. The van der Waals surface area contributed by atoms with E-state index in [0.29, 0.717) is 24.6 Å². The van der Waals surface area contributed by atoms with Gasteiger partial charge < -0.3 is 10.0 Å². The Kier molecular flexibility index (Phi) is 5.09. The third-order valence-corrected chi connectivity index (χ3v) is 2.96. The maximum Gasteiger partial charge on any atom is 0.303 e. The first-order valence-electron chi connectivity index (χ1n) is 6.34. The Bertz CT molecular complexity index is 466. The van der Waals surface area contributed by atoms with Crippen LogP contribution in [-0.4, -0.2) is 45.3 Å². The molecule has 1 N–H and O–H groups in total. The summed E-state index contributed by atoms with van der Waals surface area (Å²) in [6, 6.07) is 1.79.